The highest BCUT2D eigenvalue weighted by Gasteiger charge is 2.55. The summed E-state index contributed by atoms with van der Waals surface area (Å²) in [7, 11) is 0. The summed E-state index contributed by atoms with van der Waals surface area (Å²) in [6, 6.07) is 4.99. The van der Waals surface area contributed by atoms with E-state index in [1.165, 1.54) is 19.3 Å². The van der Waals surface area contributed by atoms with Gasteiger partial charge in [0.25, 0.3) is 5.91 Å². The molecule has 0 spiro atoms. The Bertz CT molecular complexity index is 797. The molecule has 0 radical (unpaired) electrons. The Balaban J connectivity index is 1.19. The van der Waals surface area contributed by atoms with Crippen molar-refractivity contribution in [3.05, 3.63) is 33.8 Å². The molecule has 1 heterocycles. The fourth-order valence-electron chi connectivity index (χ4n) is 6.87. The second-order valence-corrected chi connectivity index (χ2v) is 10.7. The first-order valence-corrected chi connectivity index (χ1v) is 11.7. The zero-order chi connectivity index (χ0) is 20.2. The molecule has 156 valence electrons. The van der Waals surface area contributed by atoms with E-state index in [1.807, 2.05) is 0 Å². The average Bonchev–Trinajstić information content (AvgIpc) is 2.69. The maximum atomic E-state index is 13.5. The van der Waals surface area contributed by atoms with Gasteiger partial charge in [0, 0.05) is 24.2 Å². The van der Waals surface area contributed by atoms with Crippen molar-refractivity contribution in [1.82, 2.24) is 10.2 Å². The summed E-state index contributed by atoms with van der Waals surface area (Å²) in [6.07, 6.45) is 8.99. The summed E-state index contributed by atoms with van der Waals surface area (Å²) < 4.78 is 0. The fraction of sp³-hybridized carbons (Fsp3) is 0.652. The third-order valence-corrected chi connectivity index (χ3v) is 8.35. The average molecular weight is 435 g/mol. The Morgan fingerprint density at radius 2 is 1.55 bits per heavy atom. The van der Waals surface area contributed by atoms with Crippen LogP contribution in [0.4, 0.5) is 0 Å². The standard InChI is InChI=1S/C23H28Cl2N2O2/c24-17-1-2-20(25)19(10-17)21(28)26-18-3-5-27(6-4-18)22(29)23-11-14-7-15(12-23)9-16(8-14)13-23/h1-2,10,14-16,18H,3-9,11-13H2,(H,26,28). The van der Waals surface area contributed by atoms with Gasteiger partial charge in [-0.3, -0.25) is 9.59 Å². The Morgan fingerprint density at radius 1 is 0.966 bits per heavy atom. The largest absolute Gasteiger partial charge is 0.349 e. The van der Waals surface area contributed by atoms with Crippen LogP contribution >= 0.6 is 23.2 Å². The Morgan fingerprint density at radius 3 is 2.14 bits per heavy atom. The number of nitrogens with zero attached hydrogens (tertiary/aromatic N) is 1. The highest BCUT2D eigenvalue weighted by Crippen LogP contribution is 2.60. The maximum absolute atomic E-state index is 13.5. The van der Waals surface area contributed by atoms with Gasteiger partial charge in [-0.05, 0) is 87.3 Å². The Labute approximate surface area is 182 Å². The van der Waals surface area contributed by atoms with E-state index in [-0.39, 0.29) is 17.4 Å². The van der Waals surface area contributed by atoms with Crippen molar-refractivity contribution in [2.24, 2.45) is 23.2 Å². The van der Waals surface area contributed by atoms with E-state index < -0.39 is 0 Å². The molecule has 1 aromatic carbocycles. The molecule has 5 aliphatic rings. The zero-order valence-electron chi connectivity index (χ0n) is 16.6. The van der Waals surface area contributed by atoms with Crippen LogP contribution in [0.15, 0.2) is 18.2 Å². The smallest absolute Gasteiger partial charge is 0.253 e. The van der Waals surface area contributed by atoms with E-state index in [1.54, 1.807) is 18.2 Å². The van der Waals surface area contributed by atoms with Crippen LogP contribution < -0.4 is 5.32 Å². The Hall–Kier alpha value is -1.26. The molecule has 6 heteroatoms. The summed E-state index contributed by atoms with van der Waals surface area (Å²) in [5, 5.41) is 3.98. The van der Waals surface area contributed by atoms with Crippen LogP contribution in [-0.4, -0.2) is 35.8 Å². The summed E-state index contributed by atoms with van der Waals surface area (Å²) in [6.45, 7) is 1.46. The minimum atomic E-state index is -0.191. The number of benzene rings is 1. The van der Waals surface area contributed by atoms with Crippen molar-refractivity contribution in [3.63, 3.8) is 0 Å². The highest BCUT2D eigenvalue weighted by molar-refractivity contribution is 6.35. The predicted octanol–water partition coefficient (Wildman–Crippen LogP) is 4.93. The molecule has 29 heavy (non-hydrogen) atoms. The Kier molecular flexibility index (Phi) is 5.06. The van der Waals surface area contributed by atoms with Crippen molar-refractivity contribution in [2.75, 3.05) is 13.1 Å². The van der Waals surface area contributed by atoms with Crippen LogP contribution in [0, 0.1) is 23.2 Å². The minimum absolute atomic E-state index is 0.0676. The van der Waals surface area contributed by atoms with Gasteiger partial charge in [0.1, 0.15) is 0 Å². The summed E-state index contributed by atoms with van der Waals surface area (Å²) in [5.41, 5.74) is 0.338. The van der Waals surface area contributed by atoms with Gasteiger partial charge in [-0.15, -0.1) is 0 Å². The van der Waals surface area contributed by atoms with Gasteiger partial charge in [0.15, 0.2) is 0 Å². The van der Waals surface area contributed by atoms with Crippen LogP contribution in [0.3, 0.4) is 0 Å². The number of amides is 2. The first-order valence-electron chi connectivity index (χ1n) is 11.0. The van der Waals surface area contributed by atoms with Gasteiger partial charge in [0.2, 0.25) is 5.91 Å². The molecule has 1 N–H and O–H groups in total. The maximum Gasteiger partial charge on any atom is 0.253 e. The van der Waals surface area contributed by atoms with Crippen molar-refractivity contribution in [3.8, 4) is 0 Å². The van der Waals surface area contributed by atoms with Crippen LogP contribution in [0.2, 0.25) is 10.0 Å². The van der Waals surface area contributed by atoms with Crippen LogP contribution in [0.5, 0.6) is 0 Å². The molecule has 0 unspecified atom stereocenters. The van der Waals surface area contributed by atoms with Gasteiger partial charge in [0.05, 0.1) is 16.0 Å². The number of rotatable bonds is 3. The number of carbonyl (C=O) groups excluding carboxylic acids is 2. The molecule has 4 nitrogen and oxygen atoms in total. The van der Waals surface area contributed by atoms with Crippen molar-refractivity contribution < 1.29 is 9.59 Å². The molecule has 5 fully saturated rings. The second-order valence-electron chi connectivity index (χ2n) is 9.86. The highest BCUT2D eigenvalue weighted by atomic mass is 35.5. The van der Waals surface area contributed by atoms with E-state index in [9.17, 15) is 9.59 Å². The monoisotopic (exact) mass is 434 g/mol. The normalized spacial score (nSPS) is 33.7. The van der Waals surface area contributed by atoms with Gasteiger partial charge in [-0.1, -0.05) is 23.2 Å². The SMILES string of the molecule is O=C(NC1CCN(C(=O)C23CC4CC(CC(C4)C2)C3)CC1)c1cc(Cl)ccc1Cl. The molecular weight excluding hydrogens is 407 g/mol. The quantitative estimate of drug-likeness (QED) is 0.732. The van der Waals surface area contributed by atoms with Gasteiger partial charge in [-0.25, -0.2) is 0 Å². The second kappa shape index (κ2) is 7.46. The minimum Gasteiger partial charge on any atom is -0.349 e. The van der Waals surface area contributed by atoms with Crippen molar-refractivity contribution in [1.29, 1.82) is 0 Å². The molecule has 4 bridgehead atoms. The number of carbonyl (C=O) groups is 2. The van der Waals surface area contributed by atoms with E-state index in [2.05, 4.69) is 10.2 Å². The van der Waals surface area contributed by atoms with Gasteiger partial charge >= 0.3 is 0 Å². The molecule has 6 rings (SSSR count). The predicted molar refractivity (Wildman–Crippen MR) is 114 cm³/mol. The third kappa shape index (κ3) is 3.67. The third-order valence-electron chi connectivity index (χ3n) is 7.78. The molecule has 0 atom stereocenters. The van der Waals surface area contributed by atoms with Gasteiger partial charge in [-0.2, -0.15) is 0 Å². The van der Waals surface area contributed by atoms with E-state index in [0.717, 1.165) is 62.9 Å². The lowest BCUT2D eigenvalue weighted by Crippen LogP contribution is -2.56. The van der Waals surface area contributed by atoms with Crippen LogP contribution in [0.1, 0.15) is 61.7 Å². The number of likely N-dealkylation sites (tertiary alicyclic amines) is 1. The molecule has 1 saturated heterocycles. The lowest BCUT2D eigenvalue weighted by Gasteiger charge is -2.57. The molecule has 0 aromatic heterocycles. The zero-order valence-corrected chi connectivity index (χ0v) is 18.1. The van der Waals surface area contributed by atoms with Crippen molar-refractivity contribution in [2.45, 2.75) is 57.4 Å². The number of hydrogen-bond acceptors (Lipinski definition) is 2. The van der Waals surface area contributed by atoms with E-state index in [4.69, 9.17) is 23.2 Å². The van der Waals surface area contributed by atoms with Crippen molar-refractivity contribution >= 4 is 35.0 Å². The number of nitrogens with one attached hydrogen (secondary N) is 1. The number of piperidine rings is 1. The van der Waals surface area contributed by atoms with Crippen LogP contribution in [-0.2, 0) is 4.79 Å². The van der Waals surface area contributed by atoms with Crippen LogP contribution in [0.25, 0.3) is 0 Å². The lowest BCUT2D eigenvalue weighted by molar-refractivity contribution is -0.158. The van der Waals surface area contributed by atoms with Gasteiger partial charge < -0.3 is 10.2 Å². The number of hydrogen-bond donors (Lipinski definition) is 1. The van der Waals surface area contributed by atoms with E-state index in [0.29, 0.717) is 21.5 Å². The first-order chi connectivity index (χ1) is 13.9. The van der Waals surface area contributed by atoms with E-state index >= 15 is 0 Å². The molecule has 4 aliphatic carbocycles. The molecule has 2 amide bonds. The number of halogens is 2. The molecule has 4 saturated carbocycles. The topological polar surface area (TPSA) is 49.4 Å². The lowest BCUT2D eigenvalue weighted by atomic mass is 9.49. The summed E-state index contributed by atoms with van der Waals surface area (Å²) in [4.78, 5) is 28.2. The summed E-state index contributed by atoms with van der Waals surface area (Å²) >= 11 is 12.2. The first kappa shape index (κ1) is 19.7. The fourth-order valence-corrected chi connectivity index (χ4v) is 7.25. The molecule has 1 aromatic rings. The molecule has 1 aliphatic heterocycles. The summed E-state index contributed by atoms with van der Waals surface area (Å²) in [5.74, 6) is 2.56. The molecular formula is C23H28Cl2N2O2.